The first-order chi connectivity index (χ1) is 14.4. The average Bonchev–Trinajstić information content (AvgIpc) is 3.06. The topological polar surface area (TPSA) is 52.8 Å². The number of nitrogens with zero attached hydrogens (tertiary/aromatic N) is 2. The van der Waals surface area contributed by atoms with Crippen LogP contribution in [0.2, 0.25) is 0 Å². The van der Waals surface area contributed by atoms with Crippen molar-refractivity contribution in [3.8, 4) is 16.9 Å². The van der Waals surface area contributed by atoms with Gasteiger partial charge in [0.25, 0.3) is 0 Å². The van der Waals surface area contributed by atoms with E-state index in [0.717, 1.165) is 28.2 Å². The van der Waals surface area contributed by atoms with E-state index >= 15 is 0 Å². The van der Waals surface area contributed by atoms with Gasteiger partial charge in [0, 0.05) is 16.9 Å². The molecule has 0 amide bonds. The normalized spacial score (nSPS) is 11.4. The van der Waals surface area contributed by atoms with Crippen LogP contribution in [0.4, 0.5) is 8.78 Å². The van der Waals surface area contributed by atoms with Crippen LogP contribution >= 0.6 is 0 Å². The van der Waals surface area contributed by atoms with Crippen molar-refractivity contribution in [2.24, 2.45) is 5.16 Å². The smallest absolute Gasteiger partial charge is 0.347 e. The predicted molar refractivity (Wildman–Crippen MR) is 111 cm³/mol. The molecule has 0 N–H and O–H groups in total. The lowest BCUT2D eigenvalue weighted by atomic mass is 10.1. The van der Waals surface area contributed by atoms with Gasteiger partial charge < -0.3 is 14.1 Å². The molecule has 0 aliphatic heterocycles. The third-order valence-electron chi connectivity index (χ3n) is 4.55. The third-order valence-corrected chi connectivity index (χ3v) is 4.55. The summed E-state index contributed by atoms with van der Waals surface area (Å²) in [6.07, 6.45) is 0. The fourth-order valence-electron chi connectivity index (χ4n) is 3.16. The Morgan fingerprint density at radius 3 is 2.23 bits per heavy atom. The van der Waals surface area contributed by atoms with Crippen LogP contribution in [0.3, 0.4) is 0 Å². The molecular formula is C23H22F2N2O3. The molecule has 5 nitrogen and oxygen atoms in total. The monoisotopic (exact) mass is 412 g/mol. The number of hydrogen-bond acceptors (Lipinski definition) is 4. The van der Waals surface area contributed by atoms with Gasteiger partial charge >= 0.3 is 5.97 Å². The Kier molecular flexibility index (Phi) is 6.61. The molecule has 0 unspecified atom stereocenters. The highest BCUT2D eigenvalue weighted by atomic mass is 19.1. The van der Waals surface area contributed by atoms with Crippen molar-refractivity contribution in [3.63, 3.8) is 0 Å². The van der Waals surface area contributed by atoms with Crippen LogP contribution in [0.25, 0.3) is 16.9 Å². The standard InChI is InChI=1S/C23H22F2N2O3/c1-4-29-23(28)14-30-26-15(2)21-13-22(17-5-7-18(24)8-6-17)27(16(21)3)20-11-9-19(25)10-12-20/h5-13H,4,14H2,1-3H3/b26-15-. The van der Waals surface area contributed by atoms with Gasteiger partial charge in [-0.25, -0.2) is 13.6 Å². The second-order valence-corrected chi connectivity index (χ2v) is 6.60. The predicted octanol–water partition coefficient (Wildman–Crippen LogP) is 5.03. The van der Waals surface area contributed by atoms with Crippen molar-refractivity contribution in [2.45, 2.75) is 20.8 Å². The number of hydrogen-bond donors (Lipinski definition) is 0. The van der Waals surface area contributed by atoms with Gasteiger partial charge in [0.05, 0.1) is 18.0 Å². The Labute approximate surface area is 173 Å². The second-order valence-electron chi connectivity index (χ2n) is 6.60. The fourth-order valence-corrected chi connectivity index (χ4v) is 3.16. The summed E-state index contributed by atoms with van der Waals surface area (Å²) in [7, 11) is 0. The zero-order chi connectivity index (χ0) is 21.7. The highest BCUT2D eigenvalue weighted by molar-refractivity contribution is 6.01. The highest BCUT2D eigenvalue weighted by Gasteiger charge is 2.17. The minimum atomic E-state index is -0.498. The van der Waals surface area contributed by atoms with Crippen LogP contribution in [-0.2, 0) is 14.4 Å². The van der Waals surface area contributed by atoms with E-state index in [4.69, 9.17) is 9.57 Å². The quantitative estimate of drug-likeness (QED) is 0.311. The zero-order valence-corrected chi connectivity index (χ0v) is 17.0. The Bertz CT molecular complexity index is 1060. The Morgan fingerprint density at radius 1 is 1.03 bits per heavy atom. The number of halogens is 2. The van der Waals surface area contributed by atoms with Crippen LogP contribution < -0.4 is 0 Å². The summed E-state index contributed by atoms with van der Waals surface area (Å²) in [5.41, 5.74) is 4.49. The average molecular weight is 412 g/mol. The molecule has 0 radical (unpaired) electrons. The fraction of sp³-hybridized carbons (Fsp3) is 0.217. The minimum absolute atomic E-state index is 0.269. The van der Waals surface area contributed by atoms with Gasteiger partial charge in [-0.15, -0.1) is 0 Å². The number of ether oxygens (including phenoxy) is 1. The molecule has 30 heavy (non-hydrogen) atoms. The molecule has 0 saturated carbocycles. The first kappa shape index (κ1) is 21.2. The highest BCUT2D eigenvalue weighted by Crippen LogP contribution is 2.30. The van der Waals surface area contributed by atoms with Crippen molar-refractivity contribution in [1.82, 2.24) is 4.57 Å². The Balaban J connectivity index is 2.02. The van der Waals surface area contributed by atoms with Gasteiger partial charge in [-0.05, 0) is 80.9 Å². The number of benzene rings is 2. The van der Waals surface area contributed by atoms with E-state index in [1.807, 2.05) is 17.6 Å². The molecule has 0 saturated heterocycles. The molecule has 0 aliphatic carbocycles. The van der Waals surface area contributed by atoms with Crippen molar-refractivity contribution < 1.29 is 23.1 Å². The van der Waals surface area contributed by atoms with Crippen LogP contribution in [0.15, 0.2) is 59.8 Å². The first-order valence-electron chi connectivity index (χ1n) is 9.47. The van der Waals surface area contributed by atoms with E-state index in [0.29, 0.717) is 5.71 Å². The van der Waals surface area contributed by atoms with E-state index in [-0.39, 0.29) is 24.8 Å². The molecule has 0 fully saturated rings. The van der Waals surface area contributed by atoms with Crippen molar-refractivity contribution >= 4 is 11.7 Å². The summed E-state index contributed by atoms with van der Waals surface area (Å²) in [4.78, 5) is 16.5. The van der Waals surface area contributed by atoms with Gasteiger partial charge in [-0.1, -0.05) is 5.16 Å². The molecular weight excluding hydrogens is 390 g/mol. The number of aromatic nitrogens is 1. The number of oxime groups is 1. The summed E-state index contributed by atoms with van der Waals surface area (Å²) >= 11 is 0. The maximum Gasteiger partial charge on any atom is 0.347 e. The summed E-state index contributed by atoms with van der Waals surface area (Å²) in [5.74, 6) is -1.17. The second kappa shape index (κ2) is 9.35. The molecule has 2 aromatic carbocycles. The third kappa shape index (κ3) is 4.74. The van der Waals surface area contributed by atoms with Crippen LogP contribution in [0, 0.1) is 18.6 Å². The molecule has 0 spiro atoms. The van der Waals surface area contributed by atoms with Crippen molar-refractivity contribution in [3.05, 3.63) is 77.5 Å². The summed E-state index contributed by atoms with van der Waals surface area (Å²) in [6.45, 7) is 5.36. The molecule has 3 rings (SSSR count). The molecule has 1 heterocycles. The summed E-state index contributed by atoms with van der Waals surface area (Å²) in [5, 5.41) is 4.03. The molecule has 3 aromatic rings. The van der Waals surface area contributed by atoms with Gasteiger partial charge in [0.15, 0.2) is 0 Å². The summed E-state index contributed by atoms with van der Waals surface area (Å²) < 4.78 is 33.6. The zero-order valence-electron chi connectivity index (χ0n) is 17.0. The number of rotatable bonds is 7. The molecule has 0 atom stereocenters. The lowest BCUT2D eigenvalue weighted by Crippen LogP contribution is -2.11. The lowest BCUT2D eigenvalue weighted by molar-refractivity contribution is -0.148. The molecule has 0 bridgehead atoms. The van der Waals surface area contributed by atoms with Crippen LogP contribution in [-0.4, -0.2) is 29.5 Å². The molecule has 156 valence electrons. The maximum absolute atomic E-state index is 13.4. The largest absolute Gasteiger partial charge is 0.463 e. The van der Waals surface area contributed by atoms with Crippen LogP contribution in [0.5, 0.6) is 0 Å². The first-order valence-corrected chi connectivity index (χ1v) is 9.47. The molecule has 1 aromatic heterocycles. The Morgan fingerprint density at radius 2 is 1.63 bits per heavy atom. The van der Waals surface area contributed by atoms with E-state index in [2.05, 4.69) is 5.16 Å². The van der Waals surface area contributed by atoms with Gasteiger partial charge in [0.2, 0.25) is 6.61 Å². The van der Waals surface area contributed by atoms with E-state index in [1.54, 1.807) is 38.1 Å². The van der Waals surface area contributed by atoms with E-state index in [1.165, 1.54) is 24.3 Å². The number of carbonyl (C=O) groups excluding carboxylic acids is 1. The van der Waals surface area contributed by atoms with Crippen molar-refractivity contribution in [2.75, 3.05) is 13.2 Å². The Hall–Kier alpha value is -3.48. The van der Waals surface area contributed by atoms with E-state index < -0.39 is 5.97 Å². The molecule has 0 aliphatic rings. The molecule has 7 heteroatoms. The number of esters is 1. The van der Waals surface area contributed by atoms with Gasteiger partial charge in [0.1, 0.15) is 11.6 Å². The van der Waals surface area contributed by atoms with E-state index in [9.17, 15) is 13.6 Å². The maximum atomic E-state index is 13.4. The van der Waals surface area contributed by atoms with Gasteiger partial charge in [-0.2, -0.15) is 0 Å². The van der Waals surface area contributed by atoms with Gasteiger partial charge in [-0.3, -0.25) is 0 Å². The lowest BCUT2D eigenvalue weighted by Gasteiger charge is -2.12. The SMILES string of the molecule is CCOC(=O)CO/N=C(/C)c1cc(-c2ccc(F)cc2)n(-c2ccc(F)cc2)c1C. The summed E-state index contributed by atoms with van der Waals surface area (Å²) in [6, 6.07) is 14.1. The van der Waals surface area contributed by atoms with Crippen LogP contribution in [0.1, 0.15) is 25.1 Å². The number of carbonyl (C=O) groups is 1. The van der Waals surface area contributed by atoms with Crippen molar-refractivity contribution in [1.29, 1.82) is 0 Å². The minimum Gasteiger partial charge on any atom is -0.463 e.